The van der Waals surface area contributed by atoms with Gasteiger partial charge in [-0.2, -0.15) is 0 Å². The van der Waals surface area contributed by atoms with Gasteiger partial charge in [0.25, 0.3) is 0 Å². The van der Waals surface area contributed by atoms with Crippen molar-refractivity contribution in [3.63, 3.8) is 0 Å². The SMILES string of the molecule is O=C(CCCCCCCCC(=O)Oc1ccc(F)c(O)c1)Oc1ccc(F)c(O)c1. The number of phenols is 2. The monoisotopic (exact) mass is 422 g/mol. The molecule has 0 spiro atoms. The van der Waals surface area contributed by atoms with Crippen molar-refractivity contribution in [1.29, 1.82) is 0 Å². The summed E-state index contributed by atoms with van der Waals surface area (Å²) in [6, 6.07) is 6.70. The average Bonchev–Trinajstić information content (AvgIpc) is 2.69. The van der Waals surface area contributed by atoms with Gasteiger partial charge in [-0.3, -0.25) is 9.59 Å². The number of ether oxygens (including phenoxy) is 2. The van der Waals surface area contributed by atoms with Crippen LogP contribution in [0.5, 0.6) is 23.0 Å². The number of unbranched alkanes of at least 4 members (excludes halogenated alkanes) is 5. The van der Waals surface area contributed by atoms with Gasteiger partial charge in [0.2, 0.25) is 0 Å². The van der Waals surface area contributed by atoms with Crippen LogP contribution in [-0.4, -0.2) is 22.2 Å². The second kappa shape index (κ2) is 11.7. The van der Waals surface area contributed by atoms with Crippen molar-refractivity contribution in [1.82, 2.24) is 0 Å². The lowest BCUT2D eigenvalue weighted by Gasteiger charge is -2.06. The Kier molecular flexibility index (Phi) is 9.05. The number of halogens is 2. The molecular weight excluding hydrogens is 398 g/mol. The van der Waals surface area contributed by atoms with Crippen LogP contribution in [0.15, 0.2) is 36.4 Å². The zero-order valence-corrected chi connectivity index (χ0v) is 16.4. The summed E-state index contributed by atoms with van der Waals surface area (Å²) in [5, 5.41) is 18.5. The van der Waals surface area contributed by atoms with Gasteiger partial charge in [0, 0.05) is 25.0 Å². The van der Waals surface area contributed by atoms with Gasteiger partial charge >= 0.3 is 11.9 Å². The molecule has 0 bridgehead atoms. The zero-order chi connectivity index (χ0) is 21.9. The van der Waals surface area contributed by atoms with Crippen LogP contribution in [0.25, 0.3) is 0 Å². The number of rotatable bonds is 11. The van der Waals surface area contributed by atoms with Crippen LogP contribution in [-0.2, 0) is 9.59 Å². The molecule has 0 fully saturated rings. The minimum Gasteiger partial charge on any atom is -0.505 e. The molecular formula is C22H24F2O6. The lowest BCUT2D eigenvalue weighted by atomic mass is 10.1. The maximum Gasteiger partial charge on any atom is 0.311 e. The van der Waals surface area contributed by atoms with E-state index in [4.69, 9.17) is 9.47 Å². The van der Waals surface area contributed by atoms with E-state index in [1.807, 2.05) is 0 Å². The van der Waals surface area contributed by atoms with E-state index in [0.29, 0.717) is 12.8 Å². The van der Waals surface area contributed by atoms with Crippen molar-refractivity contribution in [3.05, 3.63) is 48.0 Å². The molecule has 6 nitrogen and oxygen atoms in total. The maximum absolute atomic E-state index is 12.9. The Bertz CT molecular complexity index is 797. The summed E-state index contributed by atoms with van der Waals surface area (Å²) < 4.78 is 36.0. The van der Waals surface area contributed by atoms with E-state index in [1.165, 1.54) is 12.1 Å². The largest absolute Gasteiger partial charge is 0.505 e. The number of aromatic hydroxyl groups is 2. The van der Waals surface area contributed by atoms with E-state index in [9.17, 15) is 28.6 Å². The number of hydrogen-bond acceptors (Lipinski definition) is 6. The predicted octanol–water partition coefficient (Wildman–Crippen LogP) is 5.01. The van der Waals surface area contributed by atoms with E-state index < -0.39 is 35.1 Å². The van der Waals surface area contributed by atoms with E-state index in [2.05, 4.69) is 0 Å². The molecule has 2 N–H and O–H groups in total. The van der Waals surface area contributed by atoms with Crippen molar-refractivity contribution in [3.8, 4) is 23.0 Å². The molecule has 162 valence electrons. The molecule has 30 heavy (non-hydrogen) atoms. The molecule has 0 radical (unpaired) electrons. The number of carbonyl (C=O) groups is 2. The molecule has 2 aromatic rings. The van der Waals surface area contributed by atoms with E-state index in [-0.39, 0.29) is 24.3 Å². The summed E-state index contributed by atoms with van der Waals surface area (Å²) >= 11 is 0. The minimum absolute atomic E-state index is 0.0987. The number of benzene rings is 2. The van der Waals surface area contributed by atoms with E-state index in [0.717, 1.165) is 49.9 Å². The van der Waals surface area contributed by atoms with Crippen LogP contribution < -0.4 is 9.47 Å². The van der Waals surface area contributed by atoms with Crippen LogP contribution in [0.3, 0.4) is 0 Å². The number of carbonyl (C=O) groups excluding carboxylic acids is 2. The highest BCUT2D eigenvalue weighted by Crippen LogP contribution is 2.23. The first-order valence-corrected chi connectivity index (χ1v) is 9.73. The first-order chi connectivity index (χ1) is 14.3. The average molecular weight is 422 g/mol. The Hall–Kier alpha value is -3.16. The van der Waals surface area contributed by atoms with Crippen LogP contribution in [0.2, 0.25) is 0 Å². The molecule has 0 aliphatic heterocycles. The van der Waals surface area contributed by atoms with Crippen molar-refractivity contribution < 1.29 is 38.1 Å². The molecule has 0 saturated heterocycles. The summed E-state index contributed by atoms with van der Waals surface area (Å²) in [6.45, 7) is 0. The molecule has 0 saturated carbocycles. The first kappa shape index (κ1) is 23.1. The van der Waals surface area contributed by atoms with Crippen LogP contribution in [0, 0.1) is 11.6 Å². The van der Waals surface area contributed by atoms with E-state index in [1.54, 1.807) is 0 Å². The number of phenolic OH excluding ortho intramolecular Hbond substituents is 2. The normalized spacial score (nSPS) is 10.6. The highest BCUT2D eigenvalue weighted by Gasteiger charge is 2.09. The Morgan fingerprint density at radius 1 is 0.667 bits per heavy atom. The molecule has 0 heterocycles. The molecule has 0 atom stereocenters. The van der Waals surface area contributed by atoms with Crippen molar-refractivity contribution in [2.45, 2.75) is 51.4 Å². The summed E-state index contributed by atoms with van der Waals surface area (Å²) in [5.41, 5.74) is 0. The van der Waals surface area contributed by atoms with Gasteiger partial charge < -0.3 is 19.7 Å². The first-order valence-electron chi connectivity index (χ1n) is 9.73. The summed E-state index contributed by atoms with van der Waals surface area (Å²) in [7, 11) is 0. The number of hydrogen-bond donors (Lipinski definition) is 2. The van der Waals surface area contributed by atoms with Gasteiger partial charge in [0.15, 0.2) is 23.1 Å². The van der Waals surface area contributed by atoms with Crippen LogP contribution >= 0.6 is 0 Å². The summed E-state index contributed by atoms with van der Waals surface area (Å²) in [6.07, 6.45) is 5.15. The molecule has 0 aliphatic carbocycles. The van der Waals surface area contributed by atoms with Crippen molar-refractivity contribution in [2.24, 2.45) is 0 Å². The molecule has 2 rings (SSSR count). The Morgan fingerprint density at radius 2 is 1.03 bits per heavy atom. The fraction of sp³-hybridized carbons (Fsp3) is 0.364. The third kappa shape index (κ3) is 8.06. The highest BCUT2D eigenvalue weighted by molar-refractivity contribution is 5.72. The summed E-state index contributed by atoms with van der Waals surface area (Å²) in [5.74, 6) is -3.40. The second-order valence-electron chi connectivity index (χ2n) is 6.80. The smallest absolute Gasteiger partial charge is 0.311 e. The zero-order valence-electron chi connectivity index (χ0n) is 16.4. The fourth-order valence-corrected chi connectivity index (χ4v) is 2.72. The molecule has 0 amide bonds. The third-order valence-corrected chi connectivity index (χ3v) is 4.31. The molecule has 0 aromatic heterocycles. The Labute approximate surface area is 173 Å². The molecule has 2 aromatic carbocycles. The lowest BCUT2D eigenvalue weighted by Crippen LogP contribution is -2.08. The minimum atomic E-state index is -0.780. The van der Waals surface area contributed by atoms with Gasteiger partial charge in [-0.05, 0) is 37.1 Å². The standard InChI is InChI=1S/C22H24F2O6/c23-17-11-9-15(13-19(17)25)29-21(27)7-5-3-1-2-4-6-8-22(28)30-16-10-12-18(24)20(26)14-16/h9-14,25-26H,1-8H2. The van der Waals surface area contributed by atoms with Crippen LogP contribution in [0.1, 0.15) is 51.4 Å². The Balaban J connectivity index is 1.50. The maximum atomic E-state index is 12.9. The van der Waals surface area contributed by atoms with Gasteiger partial charge in [-0.15, -0.1) is 0 Å². The molecule has 8 heteroatoms. The second-order valence-corrected chi connectivity index (χ2v) is 6.80. The van der Waals surface area contributed by atoms with Crippen molar-refractivity contribution in [2.75, 3.05) is 0 Å². The van der Waals surface area contributed by atoms with Gasteiger partial charge in [0.05, 0.1) is 0 Å². The fourth-order valence-electron chi connectivity index (χ4n) is 2.72. The third-order valence-electron chi connectivity index (χ3n) is 4.31. The van der Waals surface area contributed by atoms with Gasteiger partial charge in [-0.25, -0.2) is 8.78 Å². The Morgan fingerprint density at radius 3 is 1.40 bits per heavy atom. The van der Waals surface area contributed by atoms with Crippen molar-refractivity contribution >= 4 is 11.9 Å². The highest BCUT2D eigenvalue weighted by atomic mass is 19.1. The van der Waals surface area contributed by atoms with Gasteiger partial charge in [0.1, 0.15) is 11.5 Å². The topological polar surface area (TPSA) is 93.1 Å². The van der Waals surface area contributed by atoms with Crippen LogP contribution in [0.4, 0.5) is 8.78 Å². The quantitative estimate of drug-likeness (QED) is 0.300. The van der Waals surface area contributed by atoms with E-state index >= 15 is 0 Å². The lowest BCUT2D eigenvalue weighted by molar-refractivity contribution is -0.135. The predicted molar refractivity (Wildman–Crippen MR) is 104 cm³/mol. The molecule has 0 aliphatic rings. The number of esters is 2. The van der Waals surface area contributed by atoms with Gasteiger partial charge in [-0.1, -0.05) is 25.7 Å². The molecule has 0 unspecified atom stereocenters. The summed E-state index contributed by atoms with van der Waals surface area (Å²) in [4.78, 5) is 23.4.